The summed E-state index contributed by atoms with van der Waals surface area (Å²) in [4.78, 5) is 15.5. The highest BCUT2D eigenvalue weighted by atomic mass is 32.1. The average molecular weight is 350 g/mol. The van der Waals surface area contributed by atoms with Gasteiger partial charge in [-0.2, -0.15) is 0 Å². The fourth-order valence-corrected chi connectivity index (χ4v) is 4.32. The molecule has 126 valence electrons. The number of fused-ring (bicyclic) bond motifs is 2. The second-order valence-corrected chi connectivity index (χ2v) is 7.28. The van der Waals surface area contributed by atoms with Crippen LogP contribution in [0.25, 0.3) is 32.5 Å². The van der Waals surface area contributed by atoms with E-state index in [9.17, 15) is 0 Å². The number of benzene rings is 1. The Balaban J connectivity index is 1.73. The molecule has 0 radical (unpaired) electrons. The van der Waals surface area contributed by atoms with Crippen LogP contribution < -0.4 is 4.90 Å². The Bertz CT molecular complexity index is 1050. The van der Waals surface area contributed by atoms with E-state index in [1.807, 2.05) is 12.3 Å². The third-order valence-corrected chi connectivity index (χ3v) is 5.66. The first-order valence-electron chi connectivity index (χ1n) is 8.47. The predicted octanol–water partition coefficient (Wildman–Crippen LogP) is 4.06. The minimum Gasteiger partial charge on any atom is -0.377 e. The van der Waals surface area contributed by atoms with Crippen molar-refractivity contribution in [1.29, 1.82) is 0 Å². The van der Waals surface area contributed by atoms with Crippen LogP contribution in [0.1, 0.15) is 6.92 Å². The quantitative estimate of drug-likeness (QED) is 0.592. The zero-order valence-electron chi connectivity index (χ0n) is 13.9. The summed E-state index contributed by atoms with van der Waals surface area (Å²) in [5.74, 6) is 1.81. The number of nitrogens with zero attached hydrogens (tertiary/aromatic N) is 3. The van der Waals surface area contributed by atoms with Gasteiger partial charge in [-0.3, -0.25) is 0 Å². The van der Waals surface area contributed by atoms with E-state index in [1.165, 1.54) is 0 Å². The molecule has 0 aliphatic carbocycles. The van der Waals surface area contributed by atoms with Crippen molar-refractivity contribution in [3.05, 3.63) is 41.9 Å². The van der Waals surface area contributed by atoms with Crippen LogP contribution in [0, 0.1) is 0 Å². The van der Waals surface area contributed by atoms with Crippen molar-refractivity contribution in [3.8, 4) is 11.4 Å². The number of ether oxygens (including phenoxy) is 1. The van der Waals surface area contributed by atoms with Gasteiger partial charge in [-0.15, -0.1) is 11.3 Å². The first-order chi connectivity index (χ1) is 12.3. The highest BCUT2D eigenvalue weighted by Crippen LogP contribution is 2.34. The molecule has 1 saturated heterocycles. The van der Waals surface area contributed by atoms with Crippen molar-refractivity contribution < 1.29 is 4.74 Å². The highest BCUT2D eigenvalue weighted by molar-refractivity contribution is 7.17. The second-order valence-electron chi connectivity index (χ2n) is 6.37. The summed E-state index contributed by atoms with van der Waals surface area (Å²) in [6, 6.07) is 10.7. The van der Waals surface area contributed by atoms with Crippen LogP contribution >= 0.6 is 11.3 Å². The number of aromatic amines is 1. The summed E-state index contributed by atoms with van der Waals surface area (Å²) >= 11 is 1.71. The number of rotatable bonds is 2. The van der Waals surface area contributed by atoms with Gasteiger partial charge >= 0.3 is 0 Å². The lowest BCUT2D eigenvalue weighted by atomic mass is 10.1. The van der Waals surface area contributed by atoms with E-state index in [1.54, 1.807) is 11.3 Å². The number of hydrogen-bond acceptors (Lipinski definition) is 5. The van der Waals surface area contributed by atoms with Gasteiger partial charge in [0.1, 0.15) is 0 Å². The van der Waals surface area contributed by atoms with E-state index in [2.05, 4.69) is 46.5 Å². The number of H-pyrrole nitrogens is 1. The molecular weight excluding hydrogens is 332 g/mol. The Morgan fingerprint density at radius 2 is 2.20 bits per heavy atom. The van der Waals surface area contributed by atoms with Gasteiger partial charge < -0.3 is 14.6 Å². The number of aromatic nitrogens is 3. The molecule has 3 aromatic heterocycles. The van der Waals surface area contributed by atoms with Gasteiger partial charge in [0.2, 0.25) is 0 Å². The van der Waals surface area contributed by atoms with Gasteiger partial charge in [-0.25, -0.2) is 9.97 Å². The maximum absolute atomic E-state index is 5.60. The molecule has 1 aliphatic rings. The van der Waals surface area contributed by atoms with Crippen LogP contribution in [0.4, 0.5) is 5.82 Å². The molecule has 0 spiro atoms. The zero-order chi connectivity index (χ0) is 16.8. The molecule has 1 N–H and O–H groups in total. The molecule has 6 heteroatoms. The number of nitrogens with one attached hydrogen (secondary N) is 1. The van der Waals surface area contributed by atoms with Crippen LogP contribution in [-0.2, 0) is 4.74 Å². The molecule has 4 heterocycles. The number of anilines is 1. The first-order valence-corrected chi connectivity index (χ1v) is 9.35. The molecule has 0 amide bonds. The van der Waals surface area contributed by atoms with Gasteiger partial charge in [0.05, 0.1) is 29.5 Å². The molecule has 5 rings (SSSR count). The molecule has 1 aromatic carbocycles. The summed E-state index contributed by atoms with van der Waals surface area (Å²) in [7, 11) is 0. The monoisotopic (exact) mass is 350 g/mol. The van der Waals surface area contributed by atoms with Gasteiger partial charge in [-0.05, 0) is 30.5 Å². The second kappa shape index (κ2) is 5.82. The summed E-state index contributed by atoms with van der Waals surface area (Å²) in [5, 5.41) is 3.24. The molecule has 4 aromatic rings. The van der Waals surface area contributed by atoms with Crippen molar-refractivity contribution in [1.82, 2.24) is 15.0 Å². The fraction of sp³-hybridized carbons (Fsp3) is 0.263. The molecule has 25 heavy (non-hydrogen) atoms. The van der Waals surface area contributed by atoms with Crippen LogP contribution in [0.3, 0.4) is 0 Å². The van der Waals surface area contributed by atoms with Crippen molar-refractivity contribution in [2.24, 2.45) is 0 Å². The average Bonchev–Trinajstić information content (AvgIpc) is 3.30. The van der Waals surface area contributed by atoms with Crippen molar-refractivity contribution in [2.45, 2.75) is 13.0 Å². The van der Waals surface area contributed by atoms with E-state index >= 15 is 0 Å². The van der Waals surface area contributed by atoms with Crippen molar-refractivity contribution in [3.63, 3.8) is 0 Å². The minimum absolute atomic E-state index is 0.310. The van der Waals surface area contributed by atoms with Gasteiger partial charge in [-0.1, -0.05) is 12.1 Å². The SMILES string of the molecule is C[C@@H]1COCCN1c1nc(-c2cccc3[nH]ccc23)nc2ccsc12. The number of hydrogen-bond donors (Lipinski definition) is 1. The molecule has 5 nitrogen and oxygen atoms in total. The molecule has 1 aliphatic heterocycles. The summed E-state index contributed by atoms with van der Waals surface area (Å²) in [6.45, 7) is 4.52. The van der Waals surface area contributed by atoms with Crippen molar-refractivity contribution in [2.75, 3.05) is 24.7 Å². The third-order valence-electron chi connectivity index (χ3n) is 4.76. The maximum atomic E-state index is 5.60. The smallest absolute Gasteiger partial charge is 0.162 e. The lowest BCUT2D eigenvalue weighted by Gasteiger charge is -2.34. The molecule has 0 saturated carbocycles. The number of thiophene rings is 1. The lowest BCUT2D eigenvalue weighted by Crippen LogP contribution is -2.44. The normalized spacial score (nSPS) is 18.3. The predicted molar refractivity (Wildman–Crippen MR) is 102 cm³/mol. The highest BCUT2D eigenvalue weighted by Gasteiger charge is 2.24. The van der Waals surface area contributed by atoms with Gasteiger partial charge in [0.25, 0.3) is 0 Å². The summed E-state index contributed by atoms with van der Waals surface area (Å²) in [6.07, 6.45) is 1.96. The van der Waals surface area contributed by atoms with Crippen LogP contribution in [0.2, 0.25) is 0 Å². The molecule has 1 atom stereocenters. The Kier molecular flexibility index (Phi) is 3.46. The van der Waals surface area contributed by atoms with Gasteiger partial charge in [0.15, 0.2) is 11.6 Å². The Morgan fingerprint density at radius 1 is 1.24 bits per heavy atom. The lowest BCUT2D eigenvalue weighted by molar-refractivity contribution is 0.0987. The van der Waals surface area contributed by atoms with E-state index in [4.69, 9.17) is 14.7 Å². The van der Waals surface area contributed by atoms with Crippen molar-refractivity contribution >= 4 is 38.3 Å². The maximum Gasteiger partial charge on any atom is 0.162 e. The third kappa shape index (κ3) is 2.41. The minimum atomic E-state index is 0.310. The van der Waals surface area contributed by atoms with E-state index in [0.717, 1.165) is 58.1 Å². The van der Waals surface area contributed by atoms with Crippen LogP contribution in [0.5, 0.6) is 0 Å². The van der Waals surface area contributed by atoms with E-state index < -0.39 is 0 Å². The van der Waals surface area contributed by atoms with Crippen LogP contribution in [0.15, 0.2) is 41.9 Å². The Labute approximate surface area is 149 Å². The van der Waals surface area contributed by atoms with Crippen LogP contribution in [-0.4, -0.2) is 40.8 Å². The van der Waals surface area contributed by atoms with Gasteiger partial charge in [0, 0.05) is 29.2 Å². The first kappa shape index (κ1) is 14.9. The topological polar surface area (TPSA) is 54.0 Å². The molecule has 1 fully saturated rings. The fourth-order valence-electron chi connectivity index (χ4n) is 3.49. The van der Waals surface area contributed by atoms with E-state index in [0.29, 0.717) is 6.04 Å². The standard InChI is InChI=1S/C19H18N4OS/c1-12-11-24-9-8-23(12)19-17-16(6-10-25-17)21-18(22-19)14-3-2-4-15-13(14)5-7-20-15/h2-7,10,12,20H,8-9,11H2,1H3/t12-/m1/s1. The number of morpholine rings is 1. The summed E-state index contributed by atoms with van der Waals surface area (Å²) in [5.41, 5.74) is 3.18. The van der Waals surface area contributed by atoms with E-state index in [-0.39, 0.29) is 0 Å². The molecule has 0 unspecified atom stereocenters. The summed E-state index contributed by atoms with van der Waals surface area (Å²) < 4.78 is 6.75. The largest absolute Gasteiger partial charge is 0.377 e. The zero-order valence-corrected chi connectivity index (χ0v) is 14.7. The molecule has 0 bridgehead atoms. The molecular formula is C19H18N4OS. The Hall–Kier alpha value is -2.44. The Morgan fingerprint density at radius 3 is 3.12 bits per heavy atom.